The molecule has 1 aliphatic heterocycles. The highest BCUT2D eigenvalue weighted by atomic mass is 16.6. The summed E-state index contributed by atoms with van der Waals surface area (Å²) in [6, 6.07) is 8.24. The molecule has 0 radical (unpaired) electrons. The number of hydrogen-bond donors (Lipinski definition) is 0. The van der Waals surface area contributed by atoms with Gasteiger partial charge in [-0.05, 0) is 52.7 Å². The summed E-state index contributed by atoms with van der Waals surface area (Å²) >= 11 is 0. The van der Waals surface area contributed by atoms with Crippen molar-refractivity contribution in [2.75, 3.05) is 39.5 Å². The van der Waals surface area contributed by atoms with Gasteiger partial charge in [-0.3, -0.25) is 0 Å². The molecule has 0 bridgehead atoms. The number of benzene rings is 1. The van der Waals surface area contributed by atoms with Crippen LogP contribution in [0.25, 0.3) is 11.0 Å². The van der Waals surface area contributed by atoms with Crippen LogP contribution < -0.4 is 0 Å². The van der Waals surface area contributed by atoms with E-state index in [4.69, 9.17) is 19.2 Å². The molecule has 0 N–H and O–H groups in total. The molecule has 30 heavy (non-hydrogen) atoms. The van der Waals surface area contributed by atoms with Crippen molar-refractivity contribution in [3.8, 4) is 0 Å². The standard InChI is InChI=1S/C23H35N3O4/c1-5-28-16-17-29-15-14-26-20-9-7-6-8-19(20)24-21(26)18-10-12-25(13-11-18)22(27)30-23(2,3)4/h6-9,18H,5,10-17H2,1-4H3. The summed E-state index contributed by atoms with van der Waals surface area (Å²) in [5.41, 5.74) is 1.68. The van der Waals surface area contributed by atoms with Gasteiger partial charge in [0.25, 0.3) is 0 Å². The van der Waals surface area contributed by atoms with Crippen molar-refractivity contribution in [1.29, 1.82) is 0 Å². The number of hydrogen-bond acceptors (Lipinski definition) is 5. The Hall–Kier alpha value is -2.12. The van der Waals surface area contributed by atoms with E-state index in [9.17, 15) is 4.79 Å². The van der Waals surface area contributed by atoms with Gasteiger partial charge in [-0.2, -0.15) is 0 Å². The molecule has 2 aromatic rings. The highest BCUT2D eigenvalue weighted by Crippen LogP contribution is 2.30. The Morgan fingerprint density at radius 3 is 2.50 bits per heavy atom. The van der Waals surface area contributed by atoms with Crippen LogP contribution in [0.4, 0.5) is 4.79 Å². The van der Waals surface area contributed by atoms with Gasteiger partial charge in [0.1, 0.15) is 11.4 Å². The van der Waals surface area contributed by atoms with E-state index in [2.05, 4.69) is 16.7 Å². The molecule has 3 rings (SSSR count). The molecule has 1 saturated heterocycles. The lowest BCUT2D eigenvalue weighted by molar-refractivity contribution is 0.0202. The molecule has 7 nitrogen and oxygen atoms in total. The maximum atomic E-state index is 12.4. The van der Waals surface area contributed by atoms with Crippen LogP contribution in [0, 0.1) is 0 Å². The number of nitrogens with zero attached hydrogens (tertiary/aromatic N) is 3. The minimum atomic E-state index is -0.468. The van der Waals surface area contributed by atoms with E-state index in [1.165, 1.54) is 0 Å². The number of aromatic nitrogens is 2. The van der Waals surface area contributed by atoms with Gasteiger partial charge in [-0.1, -0.05) is 12.1 Å². The summed E-state index contributed by atoms with van der Waals surface area (Å²) in [5.74, 6) is 1.41. The molecule has 166 valence electrons. The van der Waals surface area contributed by atoms with Gasteiger partial charge in [0.2, 0.25) is 0 Å². The first kappa shape index (κ1) is 22.6. The highest BCUT2D eigenvalue weighted by molar-refractivity contribution is 5.76. The van der Waals surface area contributed by atoms with E-state index >= 15 is 0 Å². The lowest BCUT2D eigenvalue weighted by atomic mass is 9.96. The van der Waals surface area contributed by atoms with Crippen LogP contribution >= 0.6 is 0 Å². The van der Waals surface area contributed by atoms with Gasteiger partial charge >= 0.3 is 6.09 Å². The predicted molar refractivity (Wildman–Crippen MR) is 117 cm³/mol. The zero-order chi connectivity index (χ0) is 21.6. The Balaban J connectivity index is 1.65. The molecule has 0 spiro atoms. The fraction of sp³-hybridized carbons (Fsp3) is 0.652. The second kappa shape index (κ2) is 10.3. The largest absolute Gasteiger partial charge is 0.444 e. The van der Waals surface area contributed by atoms with E-state index in [1.807, 2.05) is 44.7 Å². The van der Waals surface area contributed by atoms with E-state index in [1.54, 1.807) is 0 Å². The molecule has 0 saturated carbocycles. The second-order valence-electron chi connectivity index (χ2n) is 8.66. The number of amides is 1. The summed E-state index contributed by atoms with van der Waals surface area (Å²) in [6.45, 7) is 12.4. The maximum absolute atomic E-state index is 12.4. The Kier molecular flexibility index (Phi) is 7.72. The second-order valence-corrected chi connectivity index (χ2v) is 8.66. The number of carbonyl (C=O) groups is 1. The monoisotopic (exact) mass is 417 g/mol. The van der Waals surface area contributed by atoms with Gasteiger partial charge < -0.3 is 23.7 Å². The maximum Gasteiger partial charge on any atom is 0.410 e. The molecule has 1 amide bonds. The van der Waals surface area contributed by atoms with Crippen molar-refractivity contribution < 1.29 is 19.0 Å². The number of ether oxygens (including phenoxy) is 3. The number of likely N-dealkylation sites (tertiary alicyclic amines) is 1. The molecule has 7 heteroatoms. The summed E-state index contributed by atoms with van der Waals surface area (Å²) in [6.07, 6.45) is 1.54. The first-order chi connectivity index (χ1) is 14.4. The van der Waals surface area contributed by atoms with Gasteiger partial charge in [-0.25, -0.2) is 9.78 Å². The van der Waals surface area contributed by atoms with Gasteiger partial charge in [-0.15, -0.1) is 0 Å². The number of imidazole rings is 1. The molecule has 0 atom stereocenters. The number of carbonyl (C=O) groups excluding carboxylic acids is 1. The first-order valence-corrected chi connectivity index (χ1v) is 11.0. The molecular weight excluding hydrogens is 382 g/mol. The molecule has 0 unspecified atom stereocenters. The number of para-hydroxylation sites is 2. The Bertz CT molecular complexity index is 819. The van der Waals surface area contributed by atoms with Crippen LogP contribution in [0.3, 0.4) is 0 Å². The van der Waals surface area contributed by atoms with E-state index in [0.717, 1.165) is 36.2 Å². The number of fused-ring (bicyclic) bond motifs is 1. The predicted octanol–water partition coefficient (Wildman–Crippen LogP) is 4.20. The Morgan fingerprint density at radius 1 is 1.10 bits per heavy atom. The van der Waals surface area contributed by atoms with Crippen molar-refractivity contribution in [1.82, 2.24) is 14.5 Å². The van der Waals surface area contributed by atoms with Crippen molar-refractivity contribution in [2.24, 2.45) is 0 Å². The summed E-state index contributed by atoms with van der Waals surface area (Å²) < 4.78 is 18.9. The molecule has 0 aliphatic carbocycles. The normalized spacial score (nSPS) is 15.7. The number of piperidine rings is 1. The Labute approximate surface area is 179 Å². The van der Waals surface area contributed by atoms with Crippen molar-refractivity contribution in [3.63, 3.8) is 0 Å². The van der Waals surface area contributed by atoms with Crippen LogP contribution in [0.1, 0.15) is 52.3 Å². The quantitative estimate of drug-likeness (QED) is 0.602. The molecule has 2 heterocycles. The molecule has 1 fully saturated rings. The smallest absolute Gasteiger partial charge is 0.410 e. The zero-order valence-corrected chi connectivity index (χ0v) is 18.7. The van der Waals surface area contributed by atoms with Gasteiger partial charge in [0.05, 0.1) is 30.9 Å². The fourth-order valence-corrected chi connectivity index (χ4v) is 3.81. The van der Waals surface area contributed by atoms with Crippen molar-refractivity contribution >= 4 is 17.1 Å². The van der Waals surface area contributed by atoms with Crippen molar-refractivity contribution in [3.05, 3.63) is 30.1 Å². The van der Waals surface area contributed by atoms with Gasteiger partial charge in [0.15, 0.2) is 0 Å². The van der Waals surface area contributed by atoms with E-state index in [0.29, 0.717) is 45.4 Å². The van der Waals surface area contributed by atoms with E-state index < -0.39 is 5.60 Å². The van der Waals surface area contributed by atoms with Crippen LogP contribution in [-0.4, -0.2) is 65.7 Å². The third-order valence-electron chi connectivity index (χ3n) is 5.23. The topological polar surface area (TPSA) is 65.8 Å². The summed E-state index contributed by atoms with van der Waals surface area (Å²) in [5, 5.41) is 0. The van der Waals surface area contributed by atoms with Crippen LogP contribution in [0.2, 0.25) is 0 Å². The zero-order valence-electron chi connectivity index (χ0n) is 18.7. The lowest BCUT2D eigenvalue weighted by Crippen LogP contribution is -2.41. The third kappa shape index (κ3) is 5.95. The van der Waals surface area contributed by atoms with E-state index in [-0.39, 0.29) is 6.09 Å². The minimum absolute atomic E-state index is 0.225. The van der Waals surface area contributed by atoms with Crippen LogP contribution in [0.5, 0.6) is 0 Å². The Morgan fingerprint density at radius 2 is 1.80 bits per heavy atom. The minimum Gasteiger partial charge on any atom is -0.444 e. The first-order valence-electron chi connectivity index (χ1n) is 11.0. The summed E-state index contributed by atoms with van der Waals surface area (Å²) in [4.78, 5) is 19.1. The number of rotatable bonds is 8. The average molecular weight is 418 g/mol. The SMILES string of the molecule is CCOCCOCCn1c(C2CCN(C(=O)OC(C)(C)C)CC2)nc2ccccc21. The molecule has 1 aromatic carbocycles. The highest BCUT2D eigenvalue weighted by Gasteiger charge is 2.30. The van der Waals surface area contributed by atoms with Crippen molar-refractivity contribution in [2.45, 2.75) is 58.6 Å². The fourth-order valence-electron chi connectivity index (χ4n) is 3.81. The molecule has 1 aromatic heterocycles. The average Bonchev–Trinajstić information content (AvgIpc) is 3.08. The third-order valence-corrected chi connectivity index (χ3v) is 5.23. The van der Waals surface area contributed by atoms with Crippen LogP contribution in [-0.2, 0) is 20.8 Å². The van der Waals surface area contributed by atoms with Gasteiger partial charge in [0, 0.05) is 32.2 Å². The summed E-state index contributed by atoms with van der Waals surface area (Å²) in [7, 11) is 0. The molecule has 1 aliphatic rings. The van der Waals surface area contributed by atoms with Crippen LogP contribution in [0.15, 0.2) is 24.3 Å². The lowest BCUT2D eigenvalue weighted by Gasteiger charge is -2.33. The molecular formula is C23H35N3O4.